The van der Waals surface area contributed by atoms with Gasteiger partial charge in [-0.1, -0.05) is 35.9 Å². The van der Waals surface area contributed by atoms with E-state index in [1.54, 1.807) is 37.3 Å². The van der Waals surface area contributed by atoms with Crippen LogP contribution in [0.15, 0.2) is 66.0 Å². The van der Waals surface area contributed by atoms with Crippen LogP contribution in [0.3, 0.4) is 0 Å². The predicted octanol–water partition coefficient (Wildman–Crippen LogP) is 3.85. The largest absolute Gasteiger partial charge is 0.530 e. The topological polar surface area (TPSA) is 173 Å². The van der Waals surface area contributed by atoms with Crippen molar-refractivity contribution >= 4 is 39.3 Å². The SMILES string of the molecule is CC1CN(C(=O)[O-])CC(CCc2c(F)cncc2NC(=O)[C@@H](N=[N+]=N)[C@@H](c2ccc(Cl)cc2)c2cccc(F)c2)N1S(=O)(=O)C1CC1. The first kappa shape index (κ1) is 34.0. The summed E-state index contributed by atoms with van der Waals surface area (Å²) < 4.78 is 57.7. The number of nitrogens with one attached hydrogen (secondary N) is 2. The third kappa shape index (κ3) is 7.65. The van der Waals surface area contributed by atoms with Gasteiger partial charge in [0.25, 0.3) is 5.91 Å². The van der Waals surface area contributed by atoms with E-state index < -0.39 is 63.0 Å². The van der Waals surface area contributed by atoms with Crippen LogP contribution in [-0.2, 0) is 21.2 Å². The fourth-order valence-corrected chi connectivity index (χ4v) is 8.49. The third-order valence-corrected chi connectivity index (χ3v) is 11.2. The second-order valence-electron chi connectivity index (χ2n) is 11.7. The van der Waals surface area contributed by atoms with E-state index in [2.05, 4.69) is 20.3 Å². The van der Waals surface area contributed by atoms with Crippen LogP contribution in [0.5, 0.6) is 0 Å². The molecule has 1 aliphatic heterocycles. The highest BCUT2D eigenvalue weighted by atomic mass is 35.5. The van der Waals surface area contributed by atoms with Gasteiger partial charge in [0.1, 0.15) is 28.4 Å². The monoisotopic (exact) mass is 687 g/mol. The molecule has 2 unspecified atom stereocenters. The lowest BCUT2D eigenvalue weighted by molar-refractivity contribution is -0.268. The molecule has 4 atom stereocenters. The van der Waals surface area contributed by atoms with Crippen LogP contribution >= 0.6 is 11.6 Å². The minimum atomic E-state index is -3.72. The van der Waals surface area contributed by atoms with E-state index in [1.165, 1.54) is 28.7 Å². The maximum atomic E-state index is 15.3. The molecule has 2 aromatic carbocycles. The smallest absolute Gasteiger partial charge is 0.257 e. The van der Waals surface area contributed by atoms with Gasteiger partial charge in [0.05, 0.1) is 23.3 Å². The van der Waals surface area contributed by atoms with Crippen molar-refractivity contribution in [3.05, 3.63) is 94.3 Å². The van der Waals surface area contributed by atoms with E-state index >= 15 is 4.39 Å². The van der Waals surface area contributed by atoms with Crippen molar-refractivity contribution in [2.24, 2.45) is 5.11 Å². The Kier molecular flexibility index (Phi) is 10.3. The molecule has 3 aromatic rings. The van der Waals surface area contributed by atoms with E-state index in [4.69, 9.17) is 17.1 Å². The van der Waals surface area contributed by atoms with Crippen molar-refractivity contribution in [3.8, 4) is 0 Å². The quantitative estimate of drug-likeness (QED) is 0.229. The first-order valence-electron chi connectivity index (χ1n) is 14.9. The Balaban J connectivity index is 1.44. The Bertz CT molecular complexity index is 1810. The fraction of sp³-hybridized carbons (Fsp3) is 0.387. The number of anilines is 1. The van der Waals surface area contributed by atoms with E-state index in [0.29, 0.717) is 29.0 Å². The number of rotatable bonds is 11. The van der Waals surface area contributed by atoms with Crippen molar-refractivity contribution in [2.45, 2.75) is 61.9 Å². The van der Waals surface area contributed by atoms with Crippen molar-refractivity contribution in [1.82, 2.24) is 19.1 Å². The maximum Gasteiger partial charge on any atom is 0.257 e. The van der Waals surface area contributed by atoms with Gasteiger partial charge in [0.2, 0.25) is 21.0 Å². The Hall–Kier alpha value is -4.30. The number of aromatic nitrogens is 1. The molecule has 0 bridgehead atoms. The van der Waals surface area contributed by atoms with Crippen LogP contribution < -0.4 is 15.3 Å². The van der Waals surface area contributed by atoms with E-state index in [1.807, 2.05) is 0 Å². The second-order valence-corrected chi connectivity index (χ2v) is 14.2. The van der Waals surface area contributed by atoms with Crippen LogP contribution in [-0.4, -0.2) is 71.1 Å². The normalized spacial score (nSPS) is 19.8. The molecule has 16 heteroatoms. The summed E-state index contributed by atoms with van der Waals surface area (Å²) in [5, 5.41) is 18.1. The minimum Gasteiger partial charge on any atom is -0.530 e. The average molecular weight is 688 g/mol. The molecule has 12 nitrogen and oxygen atoms in total. The Morgan fingerprint density at radius 1 is 1.15 bits per heavy atom. The highest BCUT2D eigenvalue weighted by Gasteiger charge is 2.47. The molecule has 2 aliphatic rings. The number of pyridine rings is 1. The van der Waals surface area contributed by atoms with Crippen molar-refractivity contribution in [1.29, 1.82) is 5.53 Å². The summed E-state index contributed by atoms with van der Waals surface area (Å²) in [7, 11) is -3.72. The molecule has 2 amide bonds. The van der Waals surface area contributed by atoms with Gasteiger partial charge in [-0.2, -0.15) is 4.31 Å². The van der Waals surface area contributed by atoms with Gasteiger partial charge in [0.15, 0.2) is 0 Å². The Labute approximate surface area is 275 Å². The summed E-state index contributed by atoms with van der Waals surface area (Å²) >= 11 is 6.08. The van der Waals surface area contributed by atoms with Crippen LogP contribution in [0.2, 0.25) is 5.02 Å². The van der Waals surface area contributed by atoms with Crippen molar-refractivity contribution < 1.29 is 31.9 Å². The Morgan fingerprint density at radius 3 is 2.51 bits per heavy atom. The number of carbonyl (C=O) groups is 2. The molecule has 1 aliphatic carbocycles. The average Bonchev–Trinajstić information content (AvgIpc) is 3.88. The molecule has 1 saturated heterocycles. The number of halogens is 3. The lowest BCUT2D eigenvalue weighted by atomic mass is 9.84. The standard InChI is InChI=1S/C31H32ClF2N7O5S/c1-18-16-40(31(43)44)17-23(41(18)47(45,46)24-10-11-24)9-12-25-26(34)14-36-15-27(25)37-30(42)29(38-39-35)28(19-5-7-21(32)8-6-19)20-3-2-4-22(33)13-20/h2-8,13-15,18,23-24,28-29,35H,9-12,16-17H2,1H3,(H-,37,42,43,44)/t18?,23?,28-,29-/m0/s1. The first-order valence-corrected chi connectivity index (χ1v) is 16.8. The molecule has 248 valence electrons. The zero-order valence-corrected chi connectivity index (χ0v) is 26.8. The van der Waals surface area contributed by atoms with Crippen LogP contribution in [0.25, 0.3) is 0 Å². The summed E-state index contributed by atoms with van der Waals surface area (Å²) in [6, 6.07) is 9.09. The van der Waals surface area contributed by atoms with Crippen molar-refractivity contribution in [3.63, 3.8) is 0 Å². The molecule has 5 rings (SSSR count). The zero-order valence-electron chi connectivity index (χ0n) is 25.2. The molecule has 2 fully saturated rings. The molecule has 2 N–H and O–H groups in total. The van der Waals surface area contributed by atoms with Gasteiger partial charge in [-0.15, -0.1) is 0 Å². The van der Waals surface area contributed by atoms with Gasteiger partial charge in [-0.05, 0) is 68.0 Å². The van der Waals surface area contributed by atoms with Crippen molar-refractivity contribution in [2.75, 3.05) is 18.4 Å². The molecular weight excluding hydrogens is 656 g/mol. The number of hydrogen-bond acceptors (Lipinski definition) is 8. The number of benzene rings is 2. The molecule has 1 saturated carbocycles. The number of sulfonamides is 1. The van der Waals surface area contributed by atoms with Gasteiger partial charge in [-0.25, -0.2) is 17.2 Å². The van der Waals surface area contributed by atoms with E-state index in [9.17, 15) is 27.5 Å². The minimum absolute atomic E-state index is 0.00528. The van der Waals surface area contributed by atoms with Gasteiger partial charge < -0.3 is 20.1 Å². The molecular formula is C31H32ClF2N7O5S. The summed E-state index contributed by atoms with van der Waals surface area (Å²) in [5.41, 5.74) is 8.28. The highest BCUT2D eigenvalue weighted by Crippen LogP contribution is 2.36. The molecule has 1 aromatic heterocycles. The molecule has 47 heavy (non-hydrogen) atoms. The Morgan fingerprint density at radius 2 is 1.87 bits per heavy atom. The number of amides is 2. The van der Waals surface area contributed by atoms with Gasteiger partial charge in [-0.3, -0.25) is 9.78 Å². The van der Waals surface area contributed by atoms with Crippen LogP contribution in [0, 0.1) is 17.2 Å². The maximum absolute atomic E-state index is 15.3. The summed E-state index contributed by atoms with van der Waals surface area (Å²) in [4.78, 5) is 33.6. The van der Waals surface area contributed by atoms with E-state index in [0.717, 1.165) is 11.1 Å². The number of nitrogens with zero attached hydrogens (tertiary/aromatic N) is 5. The van der Waals surface area contributed by atoms with Gasteiger partial charge >= 0.3 is 0 Å². The molecule has 0 spiro atoms. The fourth-order valence-electron chi connectivity index (χ4n) is 6.13. The molecule has 2 heterocycles. The lowest BCUT2D eigenvalue weighted by Gasteiger charge is -2.45. The summed E-state index contributed by atoms with van der Waals surface area (Å²) in [6.45, 7) is 1.41. The molecule has 0 radical (unpaired) electrons. The second kappa shape index (κ2) is 14.2. The zero-order chi connectivity index (χ0) is 33.9. The van der Waals surface area contributed by atoms with Crippen LogP contribution in [0.4, 0.5) is 19.3 Å². The number of carboxylic acid groups (broad SMARTS) is 1. The number of piperazine rings is 1. The highest BCUT2D eigenvalue weighted by molar-refractivity contribution is 7.90. The van der Waals surface area contributed by atoms with E-state index in [-0.39, 0.29) is 37.2 Å². The predicted molar refractivity (Wildman–Crippen MR) is 166 cm³/mol. The van der Waals surface area contributed by atoms with Gasteiger partial charge in [0, 0.05) is 41.7 Å². The number of carbonyl (C=O) groups excluding carboxylic acids is 2. The lowest BCUT2D eigenvalue weighted by Crippen LogP contribution is -2.63. The third-order valence-electron chi connectivity index (χ3n) is 8.40. The first-order chi connectivity index (χ1) is 22.4. The summed E-state index contributed by atoms with van der Waals surface area (Å²) in [5.74, 6) is -3.07. The van der Waals surface area contributed by atoms with Crippen LogP contribution in [0.1, 0.15) is 48.8 Å². The summed E-state index contributed by atoms with van der Waals surface area (Å²) in [6.07, 6.45) is 1.70. The number of hydrogen-bond donors (Lipinski definition) is 2.